The zero-order chi connectivity index (χ0) is 14.0. The van der Waals surface area contributed by atoms with Gasteiger partial charge in [-0.3, -0.25) is 9.59 Å². The van der Waals surface area contributed by atoms with Crippen molar-refractivity contribution in [3.63, 3.8) is 0 Å². The Balaban J connectivity index is 2.24. The van der Waals surface area contributed by atoms with E-state index in [9.17, 15) is 9.59 Å². The Morgan fingerprint density at radius 2 is 2.21 bits per heavy atom. The second-order valence-electron chi connectivity index (χ2n) is 4.88. The molecule has 0 aromatic heterocycles. The SMILES string of the molecule is CC(=O)c1cccc(N2CC(=O)N(C)C(CN)C2)c1. The van der Waals surface area contributed by atoms with Gasteiger partial charge < -0.3 is 15.5 Å². The normalized spacial score (nSPS) is 19.7. The molecule has 1 amide bonds. The van der Waals surface area contributed by atoms with Gasteiger partial charge in [-0.25, -0.2) is 0 Å². The first-order valence-electron chi connectivity index (χ1n) is 6.34. The molecule has 5 nitrogen and oxygen atoms in total. The van der Waals surface area contributed by atoms with Crippen LogP contribution in [-0.2, 0) is 4.79 Å². The lowest BCUT2D eigenvalue weighted by atomic mass is 10.1. The summed E-state index contributed by atoms with van der Waals surface area (Å²) >= 11 is 0. The molecule has 19 heavy (non-hydrogen) atoms. The van der Waals surface area contributed by atoms with Gasteiger partial charge in [-0.15, -0.1) is 0 Å². The third-order valence-electron chi connectivity index (χ3n) is 3.59. The van der Waals surface area contributed by atoms with Crippen molar-refractivity contribution in [2.24, 2.45) is 5.73 Å². The van der Waals surface area contributed by atoms with Crippen molar-refractivity contribution in [1.82, 2.24) is 4.90 Å². The van der Waals surface area contributed by atoms with E-state index in [1.807, 2.05) is 23.1 Å². The molecule has 1 heterocycles. The zero-order valence-corrected chi connectivity index (χ0v) is 11.3. The van der Waals surface area contributed by atoms with Gasteiger partial charge in [0.25, 0.3) is 0 Å². The largest absolute Gasteiger partial charge is 0.360 e. The van der Waals surface area contributed by atoms with Crippen LogP contribution < -0.4 is 10.6 Å². The van der Waals surface area contributed by atoms with E-state index in [2.05, 4.69) is 0 Å². The van der Waals surface area contributed by atoms with Gasteiger partial charge in [-0.1, -0.05) is 12.1 Å². The highest BCUT2D eigenvalue weighted by Gasteiger charge is 2.29. The first kappa shape index (κ1) is 13.5. The Bertz CT molecular complexity index is 501. The smallest absolute Gasteiger partial charge is 0.242 e. The van der Waals surface area contributed by atoms with Gasteiger partial charge in [-0.2, -0.15) is 0 Å². The van der Waals surface area contributed by atoms with Gasteiger partial charge in [0.15, 0.2) is 5.78 Å². The maximum Gasteiger partial charge on any atom is 0.242 e. The van der Waals surface area contributed by atoms with E-state index < -0.39 is 0 Å². The first-order chi connectivity index (χ1) is 9.02. The number of rotatable bonds is 3. The summed E-state index contributed by atoms with van der Waals surface area (Å²) in [4.78, 5) is 27.0. The predicted molar refractivity (Wildman–Crippen MR) is 74.3 cm³/mol. The van der Waals surface area contributed by atoms with Gasteiger partial charge in [-0.05, 0) is 19.1 Å². The minimum Gasteiger partial charge on any atom is -0.360 e. The fourth-order valence-corrected chi connectivity index (χ4v) is 2.27. The van der Waals surface area contributed by atoms with Crippen LogP contribution in [0.3, 0.4) is 0 Å². The van der Waals surface area contributed by atoms with Gasteiger partial charge in [0.05, 0.1) is 12.6 Å². The molecule has 2 rings (SSSR count). The number of carbonyl (C=O) groups excluding carboxylic acids is 2. The van der Waals surface area contributed by atoms with Crippen molar-refractivity contribution in [1.29, 1.82) is 0 Å². The number of anilines is 1. The van der Waals surface area contributed by atoms with Crippen LogP contribution in [0.25, 0.3) is 0 Å². The molecular weight excluding hydrogens is 242 g/mol. The topological polar surface area (TPSA) is 66.6 Å². The maximum absolute atomic E-state index is 11.9. The molecule has 1 aromatic rings. The summed E-state index contributed by atoms with van der Waals surface area (Å²) in [5.41, 5.74) is 7.26. The first-order valence-corrected chi connectivity index (χ1v) is 6.34. The molecule has 1 aliphatic rings. The second-order valence-corrected chi connectivity index (χ2v) is 4.88. The Kier molecular flexibility index (Phi) is 3.85. The number of ketones is 1. The molecule has 5 heteroatoms. The van der Waals surface area contributed by atoms with Crippen LogP contribution in [0.1, 0.15) is 17.3 Å². The lowest BCUT2D eigenvalue weighted by Crippen LogP contribution is -2.57. The molecule has 1 unspecified atom stereocenters. The number of benzene rings is 1. The van der Waals surface area contributed by atoms with Crippen molar-refractivity contribution in [3.05, 3.63) is 29.8 Å². The van der Waals surface area contributed by atoms with E-state index in [1.54, 1.807) is 18.0 Å². The molecule has 1 aliphatic heterocycles. The number of likely N-dealkylation sites (N-methyl/N-ethyl adjacent to an activating group) is 1. The molecule has 0 spiro atoms. The van der Waals surface area contributed by atoms with Crippen LogP contribution in [0, 0.1) is 0 Å². The average molecular weight is 261 g/mol. The van der Waals surface area contributed by atoms with Crippen LogP contribution in [0.2, 0.25) is 0 Å². The maximum atomic E-state index is 11.9. The quantitative estimate of drug-likeness (QED) is 0.804. The number of piperazine rings is 1. The summed E-state index contributed by atoms with van der Waals surface area (Å²) in [7, 11) is 1.78. The fraction of sp³-hybridized carbons (Fsp3) is 0.429. The molecule has 0 aliphatic carbocycles. The number of hydrogen-bond acceptors (Lipinski definition) is 4. The summed E-state index contributed by atoms with van der Waals surface area (Å²) in [6.45, 7) is 3.00. The Morgan fingerprint density at radius 3 is 2.84 bits per heavy atom. The van der Waals surface area contributed by atoms with Crippen LogP contribution >= 0.6 is 0 Å². The second kappa shape index (κ2) is 5.40. The van der Waals surface area contributed by atoms with E-state index in [4.69, 9.17) is 5.73 Å². The van der Waals surface area contributed by atoms with Crippen molar-refractivity contribution in [2.45, 2.75) is 13.0 Å². The van der Waals surface area contributed by atoms with E-state index in [0.717, 1.165) is 5.69 Å². The number of nitrogens with zero attached hydrogens (tertiary/aromatic N) is 2. The van der Waals surface area contributed by atoms with E-state index in [1.165, 1.54) is 6.92 Å². The lowest BCUT2D eigenvalue weighted by Gasteiger charge is -2.39. The summed E-state index contributed by atoms with van der Waals surface area (Å²) in [5.74, 6) is 0.0765. The van der Waals surface area contributed by atoms with Crippen LogP contribution in [0.5, 0.6) is 0 Å². The minimum absolute atomic E-state index is 0.0160. The Labute approximate surface area is 113 Å². The van der Waals surface area contributed by atoms with Crippen LogP contribution in [0.15, 0.2) is 24.3 Å². The molecule has 1 saturated heterocycles. The molecular formula is C14H19N3O2. The molecule has 102 valence electrons. The lowest BCUT2D eigenvalue weighted by molar-refractivity contribution is -0.131. The van der Waals surface area contributed by atoms with E-state index >= 15 is 0 Å². The summed E-state index contributed by atoms with van der Waals surface area (Å²) < 4.78 is 0. The van der Waals surface area contributed by atoms with Gasteiger partial charge >= 0.3 is 0 Å². The van der Waals surface area contributed by atoms with Gasteiger partial charge in [0, 0.05) is 31.4 Å². The minimum atomic E-state index is 0.0160. The Hall–Kier alpha value is -1.88. The molecule has 1 atom stereocenters. The number of carbonyl (C=O) groups is 2. The highest BCUT2D eigenvalue weighted by Crippen LogP contribution is 2.20. The van der Waals surface area contributed by atoms with Crippen molar-refractivity contribution < 1.29 is 9.59 Å². The third-order valence-corrected chi connectivity index (χ3v) is 3.59. The molecule has 2 N–H and O–H groups in total. The van der Waals surface area contributed by atoms with Crippen LogP contribution in [-0.4, -0.2) is 49.3 Å². The monoisotopic (exact) mass is 261 g/mol. The highest BCUT2D eigenvalue weighted by atomic mass is 16.2. The summed E-state index contributed by atoms with van der Waals surface area (Å²) in [6, 6.07) is 7.38. The third kappa shape index (κ3) is 2.76. The summed E-state index contributed by atoms with van der Waals surface area (Å²) in [6.07, 6.45) is 0. The Morgan fingerprint density at radius 1 is 1.47 bits per heavy atom. The summed E-state index contributed by atoms with van der Waals surface area (Å²) in [5, 5.41) is 0. The van der Waals surface area contributed by atoms with Crippen LogP contribution in [0.4, 0.5) is 5.69 Å². The number of nitrogens with two attached hydrogens (primary N) is 1. The molecule has 0 saturated carbocycles. The van der Waals surface area contributed by atoms with E-state index in [0.29, 0.717) is 25.2 Å². The average Bonchev–Trinajstić information content (AvgIpc) is 2.41. The number of amides is 1. The molecule has 0 bridgehead atoms. The molecule has 0 radical (unpaired) electrons. The number of hydrogen-bond donors (Lipinski definition) is 1. The van der Waals surface area contributed by atoms with E-state index in [-0.39, 0.29) is 17.7 Å². The predicted octanol–water partition coefficient (Wildman–Crippen LogP) is 0.495. The van der Waals surface area contributed by atoms with Crippen molar-refractivity contribution in [3.8, 4) is 0 Å². The number of Topliss-reactive ketones (excluding diaryl/α,β-unsaturated/α-hetero) is 1. The van der Waals surface area contributed by atoms with Gasteiger partial charge in [0.1, 0.15) is 0 Å². The standard InChI is InChI=1S/C14H19N3O2/c1-10(18)11-4-3-5-12(6-11)17-8-13(7-15)16(2)14(19)9-17/h3-6,13H,7-9,15H2,1-2H3. The molecule has 1 fully saturated rings. The molecule has 1 aromatic carbocycles. The van der Waals surface area contributed by atoms with Gasteiger partial charge in [0.2, 0.25) is 5.91 Å². The van der Waals surface area contributed by atoms with Crippen molar-refractivity contribution >= 4 is 17.4 Å². The van der Waals surface area contributed by atoms with Crippen molar-refractivity contribution in [2.75, 3.05) is 31.6 Å². The highest BCUT2D eigenvalue weighted by molar-refractivity contribution is 5.95. The zero-order valence-electron chi connectivity index (χ0n) is 11.3. The fourth-order valence-electron chi connectivity index (χ4n) is 2.27.